The van der Waals surface area contributed by atoms with E-state index in [1.807, 2.05) is 0 Å². The van der Waals surface area contributed by atoms with Gasteiger partial charge in [0.15, 0.2) is 11.1 Å². The fourth-order valence-corrected chi connectivity index (χ4v) is 1.53. The minimum absolute atomic E-state index is 0.386. The molecule has 0 aromatic carbocycles. The lowest BCUT2D eigenvalue weighted by Gasteiger charge is -2.28. The highest BCUT2D eigenvalue weighted by molar-refractivity contribution is 5.79. The topological polar surface area (TPSA) is 99.3 Å². The zero-order valence-electron chi connectivity index (χ0n) is 12.2. The van der Waals surface area contributed by atoms with Gasteiger partial charge in [-0.05, 0) is 33.6 Å². The van der Waals surface area contributed by atoms with Crippen LogP contribution in [-0.2, 0) is 9.59 Å². The third kappa shape index (κ3) is 4.29. The highest BCUT2D eigenvalue weighted by atomic mass is 16.4. The second-order valence-corrected chi connectivity index (χ2v) is 5.26. The Bertz CT molecular complexity index is 419. The van der Waals surface area contributed by atoms with Crippen LogP contribution in [0.5, 0.6) is 0 Å². The van der Waals surface area contributed by atoms with Crippen LogP contribution in [0.25, 0.3) is 0 Å². The van der Waals surface area contributed by atoms with E-state index in [0.717, 1.165) is 0 Å². The van der Waals surface area contributed by atoms with Crippen LogP contribution in [0.1, 0.15) is 33.6 Å². The fraction of sp³-hybridized carbons (Fsp3) is 0.571. The third-order valence-electron chi connectivity index (χ3n) is 3.16. The summed E-state index contributed by atoms with van der Waals surface area (Å²) in [5.41, 5.74) is -2.99. The molecule has 0 radical (unpaired) electrons. The second kappa shape index (κ2) is 6.98. The maximum Gasteiger partial charge on any atom is 0.333 e. The third-order valence-corrected chi connectivity index (χ3v) is 3.16. The van der Waals surface area contributed by atoms with Crippen LogP contribution in [0, 0.1) is 5.92 Å². The van der Waals surface area contributed by atoms with Gasteiger partial charge in [-0.2, -0.15) is 10.2 Å². The first kappa shape index (κ1) is 18.0. The Kier molecular flexibility index (Phi) is 6.29. The number of azo groups is 1. The molecule has 0 amide bonds. The van der Waals surface area contributed by atoms with Crippen LogP contribution in [-0.4, -0.2) is 33.2 Å². The molecule has 0 aliphatic rings. The number of carbonyl (C=O) groups is 2. The molecule has 2 N–H and O–H groups in total. The summed E-state index contributed by atoms with van der Waals surface area (Å²) in [4.78, 5) is 22.5. The molecule has 1 atom stereocenters. The molecule has 6 heteroatoms. The smallest absolute Gasteiger partial charge is 0.333 e. The SMILES string of the molecule is C=CCC(CC=C)C(C)(N=NC(C)(C)C(=O)O)C(=O)O. The summed E-state index contributed by atoms with van der Waals surface area (Å²) in [6.07, 6.45) is 4.04. The summed E-state index contributed by atoms with van der Waals surface area (Å²) in [5, 5.41) is 26.0. The van der Waals surface area contributed by atoms with Crippen molar-refractivity contribution in [2.24, 2.45) is 16.1 Å². The lowest BCUT2D eigenvalue weighted by molar-refractivity contribution is -0.146. The van der Waals surface area contributed by atoms with E-state index in [1.54, 1.807) is 12.2 Å². The van der Waals surface area contributed by atoms with E-state index >= 15 is 0 Å². The van der Waals surface area contributed by atoms with Crippen molar-refractivity contribution in [3.63, 3.8) is 0 Å². The molecule has 20 heavy (non-hydrogen) atoms. The Morgan fingerprint density at radius 2 is 1.50 bits per heavy atom. The number of carboxylic acids is 2. The number of hydrogen-bond acceptors (Lipinski definition) is 4. The van der Waals surface area contributed by atoms with Gasteiger partial charge < -0.3 is 10.2 Å². The second-order valence-electron chi connectivity index (χ2n) is 5.26. The van der Waals surface area contributed by atoms with Crippen LogP contribution < -0.4 is 0 Å². The quantitative estimate of drug-likeness (QED) is 0.501. The molecule has 0 aliphatic heterocycles. The standard InChI is InChI=1S/C14H22N2O4/c1-6-8-10(9-7-2)14(5,12(19)20)16-15-13(3,4)11(17)18/h6-7,10H,1-2,8-9H2,3-5H3,(H,17,18)(H,19,20). The Hall–Kier alpha value is -1.98. The van der Waals surface area contributed by atoms with Gasteiger partial charge in [0.25, 0.3) is 0 Å². The summed E-state index contributed by atoms with van der Waals surface area (Å²) in [6.45, 7) is 11.3. The molecule has 0 saturated heterocycles. The van der Waals surface area contributed by atoms with Gasteiger partial charge >= 0.3 is 11.9 Å². The zero-order valence-corrected chi connectivity index (χ0v) is 12.2. The summed E-state index contributed by atoms with van der Waals surface area (Å²) in [6, 6.07) is 0. The number of aliphatic carboxylic acids is 2. The van der Waals surface area contributed by atoms with Crippen molar-refractivity contribution in [1.82, 2.24) is 0 Å². The van der Waals surface area contributed by atoms with E-state index < -0.39 is 23.0 Å². The van der Waals surface area contributed by atoms with E-state index in [4.69, 9.17) is 5.11 Å². The molecular weight excluding hydrogens is 260 g/mol. The van der Waals surface area contributed by atoms with Crippen molar-refractivity contribution >= 4 is 11.9 Å². The molecule has 6 nitrogen and oxygen atoms in total. The Labute approximate surface area is 118 Å². The average molecular weight is 282 g/mol. The molecular formula is C14H22N2O4. The van der Waals surface area contributed by atoms with E-state index in [-0.39, 0.29) is 5.92 Å². The fourth-order valence-electron chi connectivity index (χ4n) is 1.53. The molecule has 0 bridgehead atoms. The molecule has 0 heterocycles. The first-order valence-corrected chi connectivity index (χ1v) is 6.24. The molecule has 0 saturated carbocycles. The number of allylic oxidation sites excluding steroid dienone is 2. The predicted octanol–water partition coefficient (Wildman–Crippen LogP) is 2.91. The van der Waals surface area contributed by atoms with Crippen molar-refractivity contribution in [1.29, 1.82) is 0 Å². The van der Waals surface area contributed by atoms with E-state index in [1.165, 1.54) is 20.8 Å². The first-order valence-electron chi connectivity index (χ1n) is 6.24. The van der Waals surface area contributed by atoms with Crippen LogP contribution in [0.15, 0.2) is 35.5 Å². The lowest BCUT2D eigenvalue weighted by Crippen LogP contribution is -2.41. The van der Waals surface area contributed by atoms with Gasteiger partial charge in [0.1, 0.15) is 0 Å². The van der Waals surface area contributed by atoms with Gasteiger partial charge in [-0.1, -0.05) is 12.2 Å². The largest absolute Gasteiger partial charge is 0.479 e. The van der Waals surface area contributed by atoms with Gasteiger partial charge in [0, 0.05) is 5.92 Å². The van der Waals surface area contributed by atoms with Crippen LogP contribution >= 0.6 is 0 Å². The monoisotopic (exact) mass is 282 g/mol. The summed E-state index contributed by atoms with van der Waals surface area (Å²) in [7, 11) is 0. The van der Waals surface area contributed by atoms with Gasteiger partial charge in [-0.15, -0.1) is 13.2 Å². The van der Waals surface area contributed by atoms with Crippen molar-refractivity contribution < 1.29 is 19.8 Å². The maximum absolute atomic E-state index is 11.5. The molecule has 0 rings (SSSR count). The van der Waals surface area contributed by atoms with Crippen molar-refractivity contribution in [2.45, 2.75) is 44.7 Å². The molecule has 0 fully saturated rings. The minimum Gasteiger partial charge on any atom is -0.479 e. The van der Waals surface area contributed by atoms with E-state index in [9.17, 15) is 14.7 Å². The molecule has 1 unspecified atom stereocenters. The van der Waals surface area contributed by atoms with Crippen molar-refractivity contribution in [2.75, 3.05) is 0 Å². The molecule has 0 aliphatic carbocycles. The molecule has 0 aromatic heterocycles. The summed E-state index contributed by atoms with van der Waals surface area (Å²) >= 11 is 0. The Balaban J connectivity index is 5.54. The summed E-state index contributed by atoms with van der Waals surface area (Å²) < 4.78 is 0. The normalized spacial score (nSPS) is 15.0. The number of nitrogens with zero attached hydrogens (tertiary/aromatic N) is 2. The molecule has 0 aromatic rings. The highest BCUT2D eigenvalue weighted by Crippen LogP contribution is 2.30. The van der Waals surface area contributed by atoms with Gasteiger partial charge in [0.2, 0.25) is 0 Å². The van der Waals surface area contributed by atoms with Gasteiger partial charge in [0.05, 0.1) is 0 Å². The molecule has 112 valence electrons. The van der Waals surface area contributed by atoms with Crippen LogP contribution in [0.3, 0.4) is 0 Å². The number of rotatable bonds is 9. The van der Waals surface area contributed by atoms with Crippen LogP contribution in [0.4, 0.5) is 0 Å². The first-order chi connectivity index (χ1) is 9.11. The van der Waals surface area contributed by atoms with Crippen molar-refractivity contribution in [3.8, 4) is 0 Å². The van der Waals surface area contributed by atoms with Crippen molar-refractivity contribution in [3.05, 3.63) is 25.3 Å². The Morgan fingerprint density at radius 3 is 1.80 bits per heavy atom. The number of hydrogen-bond donors (Lipinski definition) is 2. The maximum atomic E-state index is 11.5. The van der Waals surface area contributed by atoms with Gasteiger partial charge in [-0.25, -0.2) is 9.59 Å². The highest BCUT2D eigenvalue weighted by Gasteiger charge is 2.42. The average Bonchev–Trinajstić information content (AvgIpc) is 2.35. The van der Waals surface area contributed by atoms with E-state index in [2.05, 4.69) is 23.4 Å². The van der Waals surface area contributed by atoms with Crippen LogP contribution in [0.2, 0.25) is 0 Å². The summed E-state index contributed by atoms with van der Waals surface area (Å²) in [5.74, 6) is -2.71. The number of carboxylic acid groups (broad SMARTS) is 2. The minimum atomic E-state index is -1.52. The zero-order chi connectivity index (χ0) is 16.0. The predicted molar refractivity (Wildman–Crippen MR) is 75.7 cm³/mol. The molecule has 0 spiro atoms. The Morgan fingerprint density at radius 1 is 1.05 bits per heavy atom. The van der Waals surface area contributed by atoms with E-state index in [0.29, 0.717) is 12.8 Å². The van der Waals surface area contributed by atoms with Gasteiger partial charge in [-0.3, -0.25) is 0 Å². The lowest BCUT2D eigenvalue weighted by atomic mass is 9.81.